The SMILES string of the molecule is Cc1ccc(-c2cc(-c3ccc(-c4cccnc4)nc3)cc(-c3nc(-c4ccccc4)nc(-c4ccccc4)n3)c2)cc1. The molecule has 204 valence electrons. The summed E-state index contributed by atoms with van der Waals surface area (Å²) < 4.78 is 0. The fourth-order valence-corrected chi connectivity index (χ4v) is 5.02. The smallest absolute Gasteiger partial charge is 0.164 e. The first-order valence-electron chi connectivity index (χ1n) is 14.2. The van der Waals surface area contributed by atoms with Crippen LogP contribution in [0.2, 0.25) is 0 Å². The van der Waals surface area contributed by atoms with Crippen molar-refractivity contribution in [2.24, 2.45) is 0 Å². The molecule has 0 atom stereocenters. The van der Waals surface area contributed by atoms with Gasteiger partial charge in [-0.15, -0.1) is 0 Å². The highest BCUT2D eigenvalue weighted by Crippen LogP contribution is 2.33. The Hall–Kier alpha value is -5.81. The van der Waals surface area contributed by atoms with Gasteiger partial charge in [-0.1, -0.05) is 96.6 Å². The zero-order valence-corrected chi connectivity index (χ0v) is 23.6. The lowest BCUT2D eigenvalue weighted by atomic mass is 9.95. The fourth-order valence-electron chi connectivity index (χ4n) is 5.02. The van der Waals surface area contributed by atoms with Gasteiger partial charge in [0.05, 0.1) is 5.69 Å². The molecule has 4 aromatic carbocycles. The van der Waals surface area contributed by atoms with E-state index in [2.05, 4.69) is 60.4 Å². The van der Waals surface area contributed by atoms with Crippen LogP contribution in [-0.4, -0.2) is 24.9 Å². The number of benzene rings is 4. The van der Waals surface area contributed by atoms with Gasteiger partial charge in [0.1, 0.15) is 0 Å². The molecule has 0 aliphatic heterocycles. The number of nitrogens with zero attached hydrogens (tertiary/aromatic N) is 5. The zero-order valence-electron chi connectivity index (χ0n) is 23.6. The van der Waals surface area contributed by atoms with Gasteiger partial charge in [0.2, 0.25) is 0 Å². The van der Waals surface area contributed by atoms with Crippen molar-refractivity contribution in [3.05, 3.63) is 152 Å². The summed E-state index contributed by atoms with van der Waals surface area (Å²) in [5.74, 6) is 1.88. The highest BCUT2D eigenvalue weighted by molar-refractivity contribution is 5.80. The van der Waals surface area contributed by atoms with Crippen LogP contribution < -0.4 is 0 Å². The van der Waals surface area contributed by atoms with Crippen molar-refractivity contribution in [1.29, 1.82) is 0 Å². The standard InChI is InChI=1S/C38H27N5/c1-26-14-16-27(17-15-26)32-21-33(30-18-19-35(40-25-30)31-13-8-20-39-24-31)23-34(22-32)38-42-36(28-9-4-2-5-10-28)41-37(43-38)29-11-6-3-7-12-29/h2-25H,1H3. The Balaban J connectivity index is 1.40. The molecule has 43 heavy (non-hydrogen) atoms. The topological polar surface area (TPSA) is 64.5 Å². The van der Waals surface area contributed by atoms with E-state index in [1.807, 2.05) is 91.3 Å². The molecule has 0 fully saturated rings. The van der Waals surface area contributed by atoms with Crippen LogP contribution in [0.3, 0.4) is 0 Å². The van der Waals surface area contributed by atoms with E-state index in [-0.39, 0.29) is 0 Å². The number of aromatic nitrogens is 5. The molecule has 0 aliphatic rings. The lowest BCUT2D eigenvalue weighted by Crippen LogP contribution is -2.00. The average Bonchev–Trinajstić information content (AvgIpc) is 3.09. The van der Waals surface area contributed by atoms with E-state index in [9.17, 15) is 0 Å². The molecule has 7 aromatic rings. The molecule has 5 nitrogen and oxygen atoms in total. The monoisotopic (exact) mass is 553 g/mol. The third-order valence-electron chi connectivity index (χ3n) is 7.33. The van der Waals surface area contributed by atoms with Gasteiger partial charge < -0.3 is 0 Å². The number of aryl methyl sites for hydroxylation is 1. The second kappa shape index (κ2) is 11.6. The van der Waals surface area contributed by atoms with Crippen molar-refractivity contribution in [3.63, 3.8) is 0 Å². The molecule has 0 spiro atoms. The van der Waals surface area contributed by atoms with E-state index in [1.165, 1.54) is 5.56 Å². The largest absolute Gasteiger partial charge is 0.264 e. The third-order valence-corrected chi connectivity index (χ3v) is 7.33. The number of hydrogen-bond donors (Lipinski definition) is 0. The van der Waals surface area contributed by atoms with Crippen LogP contribution in [0.5, 0.6) is 0 Å². The Kier molecular flexibility index (Phi) is 7.04. The molecule has 0 amide bonds. The van der Waals surface area contributed by atoms with Crippen LogP contribution in [0, 0.1) is 6.92 Å². The second-order valence-electron chi connectivity index (χ2n) is 10.4. The van der Waals surface area contributed by atoms with Crippen molar-refractivity contribution in [2.45, 2.75) is 6.92 Å². The van der Waals surface area contributed by atoms with Gasteiger partial charge in [-0.3, -0.25) is 9.97 Å². The summed E-state index contributed by atoms with van der Waals surface area (Å²) in [5, 5.41) is 0. The first-order valence-corrected chi connectivity index (χ1v) is 14.2. The van der Waals surface area contributed by atoms with Crippen LogP contribution in [0.4, 0.5) is 0 Å². The maximum absolute atomic E-state index is 4.99. The molecule has 0 unspecified atom stereocenters. The Bertz CT molecular complexity index is 1930. The Morgan fingerprint density at radius 1 is 0.395 bits per heavy atom. The van der Waals surface area contributed by atoms with Gasteiger partial charge in [-0.25, -0.2) is 15.0 Å². The maximum atomic E-state index is 4.99. The Morgan fingerprint density at radius 2 is 0.930 bits per heavy atom. The summed E-state index contributed by atoms with van der Waals surface area (Å²) in [7, 11) is 0. The van der Waals surface area contributed by atoms with Gasteiger partial charge in [0, 0.05) is 46.4 Å². The molecule has 0 aliphatic carbocycles. The van der Waals surface area contributed by atoms with E-state index >= 15 is 0 Å². The Morgan fingerprint density at radius 3 is 1.49 bits per heavy atom. The molecule has 5 heteroatoms. The lowest BCUT2D eigenvalue weighted by molar-refractivity contribution is 1.07. The number of pyridine rings is 2. The molecule has 7 rings (SSSR count). The first kappa shape index (κ1) is 26.1. The molecular formula is C38H27N5. The molecule has 3 aromatic heterocycles. The van der Waals surface area contributed by atoms with E-state index in [0.717, 1.165) is 50.2 Å². The summed E-state index contributed by atoms with van der Waals surface area (Å²) >= 11 is 0. The predicted molar refractivity (Wildman–Crippen MR) is 173 cm³/mol. The molecule has 0 bridgehead atoms. The highest BCUT2D eigenvalue weighted by atomic mass is 15.0. The van der Waals surface area contributed by atoms with Gasteiger partial charge in [-0.05, 0) is 60.0 Å². The minimum atomic E-state index is 0.614. The zero-order chi connectivity index (χ0) is 29.0. The maximum Gasteiger partial charge on any atom is 0.164 e. The van der Waals surface area contributed by atoms with Crippen molar-refractivity contribution in [3.8, 4) is 67.7 Å². The van der Waals surface area contributed by atoms with Crippen LogP contribution in [0.25, 0.3) is 67.7 Å². The minimum absolute atomic E-state index is 0.614. The molecular weight excluding hydrogens is 526 g/mol. The number of hydrogen-bond acceptors (Lipinski definition) is 5. The average molecular weight is 554 g/mol. The van der Waals surface area contributed by atoms with E-state index in [0.29, 0.717) is 17.5 Å². The molecule has 0 N–H and O–H groups in total. The van der Waals surface area contributed by atoms with Crippen LogP contribution in [-0.2, 0) is 0 Å². The summed E-state index contributed by atoms with van der Waals surface area (Å²) in [6, 6.07) is 43.2. The quantitative estimate of drug-likeness (QED) is 0.206. The van der Waals surface area contributed by atoms with Gasteiger partial charge >= 0.3 is 0 Å². The van der Waals surface area contributed by atoms with Crippen LogP contribution >= 0.6 is 0 Å². The van der Waals surface area contributed by atoms with Crippen LogP contribution in [0.1, 0.15) is 5.56 Å². The summed E-state index contributed by atoms with van der Waals surface area (Å²) in [5.41, 5.74) is 10.1. The van der Waals surface area contributed by atoms with Gasteiger partial charge in [0.15, 0.2) is 17.5 Å². The summed E-state index contributed by atoms with van der Waals surface area (Å²) in [6.07, 6.45) is 5.51. The highest BCUT2D eigenvalue weighted by Gasteiger charge is 2.15. The Labute approximate surface area is 250 Å². The van der Waals surface area contributed by atoms with Crippen LogP contribution in [0.15, 0.2) is 146 Å². The summed E-state index contributed by atoms with van der Waals surface area (Å²) in [6.45, 7) is 2.10. The van der Waals surface area contributed by atoms with E-state index < -0.39 is 0 Å². The second-order valence-corrected chi connectivity index (χ2v) is 10.4. The van der Waals surface area contributed by atoms with Gasteiger partial charge in [-0.2, -0.15) is 0 Å². The molecule has 0 radical (unpaired) electrons. The van der Waals surface area contributed by atoms with Crippen molar-refractivity contribution < 1.29 is 0 Å². The fraction of sp³-hybridized carbons (Fsp3) is 0.0263. The lowest BCUT2D eigenvalue weighted by Gasteiger charge is -2.13. The van der Waals surface area contributed by atoms with Crippen molar-refractivity contribution in [2.75, 3.05) is 0 Å². The van der Waals surface area contributed by atoms with E-state index in [4.69, 9.17) is 19.9 Å². The van der Waals surface area contributed by atoms with Gasteiger partial charge in [0.25, 0.3) is 0 Å². The van der Waals surface area contributed by atoms with Crippen molar-refractivity contribution in [1.82, 2.24) is 24.9 Å². The van der Waals surface area contributed by atoms with E-state index in [1.54, 1.807) is 6.20 Å². The molecule has 0 saturated carbocycles. The summed E-state index contributed by atoms with van der Waals surface area (Å²) in [4.78, 5) is 23.9. The molecule has 3 heterocycles. The first-order chi connectivity index (χ1) is 21.2. The minimum Gasteiger partial charge on any atom is -0.264 e. The normalized spacial score (nSPS) is 10.9. The van der Waals surface area contributed by atoms with Crippen molar-refractivity contribution >= 4 is 0 Å². The number of rotatable bonds is 6. The molecule has 0 saturated heterocycles. The third kappa shape index (κ3) is 5.69. The predicted octanol–water partition coefficient (Wildman–Crippen LogP) is 8.97.